The molecule has 27 heavy (non-hydrogen) atoms. The van der Waals surface area contributed by atoms with Crippen LogP contribution in [-0.2, 0) is 13.0 Å². The Balaban J connectivity index is 0.00000210. The third kappa shape index (κ3) is 4.47. The van der Waals surface area contributed by atoms with Crippen LogP contribution in [0.2, 0.25) is 0 Å². The van der Waals surface area contributed by atoms with Crippen molar-refractivity contribution in [3.8, 4) is 6.07 Å². The molecule has 2 aromatic carbocycles. The lowest BCUT2D eigenvalue weighted by molar-refractivity contribution is 0.291. The summed E-state index contributed by atoms with van der Waals surface area (Å²) in [5.74, 6) is 0.591. The molecule has 0 N–H and O–H groups in total. The fourth-order valence-electron chi connectivity index (χ4n) is 3.89. The number of fused-ring (bicyclic) bond motifs is 1. The summed E-state index contributed by atoms with van der Waals surface area (Å²) < 4.78 is 2.28. The molecule has 3 nitrogen and oxygen atoms in total. The van der Waals surface area contributed by atoms with E-state index in [1.54, 1.807) is 0 Å². The highest BCUT2D eigenvalue weighted by Crippen LogP contribution is 2.26. The van der Waals surface area contributed by atoms with E-state index >= 15 is 0 Å². The number of benzene rings is 2. The molecular weight excluding hydrogens is 377 g/mol. The molecule has 0 bridgehead atoms. The molecular formula is C22H23Cl2N3. The molecule has 5 heteroatoms. The maximum Gasteiger partial charge on any atom is 0.0992 e. The summed E-state index contributed by atoms with van der Waals surface area (Å²) in [6.07, 6.45) is 4.18. The van der Waals surface area contributed by atoms with E-state index in [1.165, 1.54) is 10.9 Å². The Labute approximate surface area is 171 Å². The van der Waals surface area contributed by atoms with E-state index < -0.39 is 0 Å². The van der Waals surface area contributed by atoms with E-state index in [-0.39, 0.29) is 17.9 Å². The SMILES string of the molecule is Cl.N#Cc1ccc2ccn(CC3CCN(C(Cl)Cc4ccccc4)C3)c2c1. The number of likely N-dealkylation sites (tertiary alicyclic amines) is 1. The second-order valence-corrected chi connectivity index (χ2v) is 7.63. The number of alkyl halides is 1. The van der Waals surface area contributed by atoms with Crippen molar-refractivity contribution in [2.24, 2.45) is 5.92 Å². The van der Waals surface area contributed by atoms with Crippen LogP contribution in [0.1, 0.15) is 17.5 Å². The van der Waals surface area contributed by atoms with E-state index in [2.05, 4.69) is 52.1 Å². The predicted molar refractivity (Wildman–Crippen MR) is 113 cm³/mol. The van der Waals surface area contributed by atoms with Crippen LogP contribution in [0.5, 0.6) is 0 Å². The molecule has 2 unspecified atom stereocenters. The standard InChI is InChI=1S/C22H22ClN3.ClH/c23-22(13-17-4-2-1-3-5-17)26-10-8-19(16-26)15-25-11-9-20-7-6-18(14-24)12-21(20)25;/h1-7,9,11-12,19,22H,8,10,13,15-16H2;1H. The van der Waals surface area contributed by atoms with E-state index in [0.29, 0.717) is 11.5 Å². The van der Waals surface area contributed by atoms with Gasteiger partial charge in [-0.1, -0.05) is 36.4 Å². The lowest BCUT2D eigenvalue weighted by atomic mass is 10.1. The minimum Gasteiger partial charge on any atom is -0.347 e. The summed E-state index contributed by atoms with van der Waals surface area (Å²) in [4.78, 5) is 2.39. The van der Waals surface area contributed by atoms with Gasteiger partial charge in [-0.15, -0.1) is 24.0 Å². The van der Waals surface area contributed by atoms with Crippen molar-refractivity contribution in [1.29, 1.82) is 5.26 Å². The van der Waals surface area contributed by atoms with Gasteiger partial charge in [-0.25, -0.2) is 0 Å². The van der Waals surface area contributed by atoms with Gasteiger partial charge in [-0.05, 0) is 48.0 Å². The topological polar surface area (TPSA) is 32.0 Å². The molecule has 0 aliphatic carbocycles. The first kappa shape index (κ1) is 19.8. The molecule has 140 valence electrons. The van der Waals surface area contributed by atoms with Crippen molar-refractivity contribution in [3.05, 3.63) is 71.9 Å². The van der Waals surface area contributed by atoms with Gasteiger partial charge in [0.05, 0.1) is 17.1 Å². The molecule has 1 aromatic heterocycles. The van der Waals surface area contributed by atoms with Crippen LogP contribution >= 0.6 is 24.0 Å². The smallest absolute Gasteiger partial charge is 0.0992 e. The van der Waals surface area contributed by atoms with Gasteiger partial charge in [-0.2, -0.15) is 5.26 Å². The zero-order valence-corrected chi connectivity index (χ0v) is 16.7. The first-order valence-electron chi connectivity index (χ1n) is 9.14. The third-order valence-corrected chi connectivity index (χ3v) is 5.75. The van der Waals surface area contributed by atoms with Gasteiger partial charge in [-0.3, -0.25) is 4.90 Å². The highest BCUT2D eigenvalue weighted by molar-refractivity contribution is 6.20. The lowest BCUT2D eigenvalue weighted by Crippen LogP contribution is -2.31. The Morgan fingerprint density at radius 2 is 1.96 bits per heavy atom. The van der Waals surface area contributed by atoms with Crippen LogP contribution in [0.4, 0.5) is 0 Å². The number of nitrogens with zero attached hydrogens (tertiary/aromatic N) is 3. The summed E-state index contributed by atoms with van der Waals surface area (Å²) in [7, 11) is 0. The monoisotopic (exact) mass is 399 g/mol. The number of nitriles is 1. The highest BCUT2D eigenvalue weighted by Gasteiger charge is 2.27. The Morgan fingerprint density at radius 3 is 2.74 bits per heavy atom. The van der Waals surface area contributed by atoms with Crippen LogP contribution in [-0.4, -0.2) is 28.1 Å². The molecule has 0 saturated carbocycles. The van der Waals surface area contributed by atoms with E-state index in [1.807, 2.05) is 24.3 Å². The highest BCUT2D eigenvalue weighted by atomic mass is 35.5. The van der Waals surface area contributed by atoms with Crippen molar-refractivity contribution in [2.75, 3.05) is 13.1 Å². The van der Waals surface area contributed by atoms with Gasteiger partial charge < -0.3 is 4.57 Å². The van der Waals surface area contributed by atoms with Crippen molar-refractivity contribution in [1.82, 2.24) is 9.47 Å². The zero-order chi connectivity index (χ0) is 17.9. The molecule has 0 amide bonds. The van der Waals surface area contributed by atoms with Crippen molar-refractivity contribution in [3.63, 3.8) is 0 Å². The number of aromatic nitrogens is 1. The van der Waals surface area contributed by atoms with Crippen LogP contribution in [0, 0.1) is 17.2 Å². The Kier molecular flexibility index (Phi) is 6.44. The van der Waals surface area contributed by atoms with Gasteiger partial charge in [0.2, 0.25) is 0 Å². The van der Waals surface area contributed by atoms with Gasteiger partial charge in [0.1, 0.15) is 0 Å². The summed E-state index contributed by atoms with van der Waals surface area (Å²) in [5.41, 5.74) is 3.20. The third-order valence-electron chi connectivity index (χ3n) is 5.32. The average Bonchev–Trinajstić information content (AvgIpc) is 3.30. The second kappa shape index (κ2) is 8.80. The number of halogens is 2. The second-order valence-electron chi connectivity index (χ2n) is 7.13. The molecule has 1 aliphatic rings. The maximum atomic E-state index is 9.15. The van der Waals surface area contributed by atoms with Crippen molar-refractivity contribution < 1.29 is 0 Å². The van der Waals surface area contributed by atoms with Gasteiger partial charge in [0.15, 0.2) is 0 Å². The van der Waals surface area contributed by atoms with Crippen LogP contribution in [0.15, 0.2) is 60.8 Å². The van der Waals surface area contributed by atoms with Gasteiger partial charge in [0, 0.05) is 31.2 Å². The fraction of sp³-hybridized carbons (Fsp3) is 0.318. The molecule has 1 aliphatic heterocycles. The van der Waals surface area contributed by atoms with Crippen molar-refractivity contribution >= 4 is 34.9 Å². The van der Waals surface area contributed by atoms with Crippen LogP contribution in [0.3, 0.4) is 0 Å². The predicted octanol–water partition coefficient (Wildman–Crippen LogP) is 5.06. The molecule has 3 aromatic rings. The van der Waals surface area contributed by atoms with Crippen molar-refractivity contribution in [2.45, 2.75) is 24.9 Å². The number of hydrogen-bond acceptors (Lipinski definition) is 2. The Bertz CT molecular complexity index is 930. The molecule has 0 radical (unpaired) electrons. The minimum atomic E-state index is 0. The number of rotatable bonds is 5. The molecule has 2 atom stereocenters. The minimum absolute atomic E-state index is 0. The normalized spacial score (nSPS) is 18.1. The zero-order valence-electron chi connectivity index (χ0n) is 15.1. The Hall–Kier alpha value is -1.99. The summed E-state index contributed by atoms with van der Waals surface area (Å²) in [6, 6.07) is 20.7. The largest absolute Gasteiger partial charge is 0.347 e. The molecule has 1 saturated heterocycles. The molecule has 0 spiro atoms. The van der Waals surface area contributed by atoms with Gasteiger partial charge in [0.25, 0.3) is 0 Å². The summed E-state index contributed by atoms with van der Waals surface area (Å²) in [6.45, 7) is 3.05. The maximum absolute atomic E-state index is 9.15. The summed E-state index contributed by atoms with van der Waals surface area (Å²) >= 11 is 6.69. The number of hydrogen-bond donors (Lipinski definition) is 0. The fourth-order valence-corrected chi connectivity index (χ4v) is 4.25. The molecule has 2 heterocycles. The van der Waals surface area contributed by atoms with E-state index in [4.69, 9.17) is 16.9 Å². The Morgan fingerprint density at radius 1 is 1.15 bits per heavy atom. The lowest BCUT2D eigenvalue weighted by Gasteiger charge is -2.22. The van der Waals surface area contributed by atoms with Crippen LogP contribution < -0.4 is 0 Å². The molecule has 4 rings (SSSR count). The quantitative estimate of drug-likeness (QED) is 0.443. The average molecular weight is 400 g/mol. The first-order chi connectivity index (χ1) is 12.7. The van der Waals surface area contributed by atoms with E-state index in [9.17, 15) is 0 Å². The van der Waals surface area contributed by atoms with E-state index in [0.717, 1.165) is 38.0 Å². The van der Waals surface area contributed by atoms with Gasteiger partial charge >= 0.3 is 0 Å². The summed E-state index contributed by atoms with van der Waals surface area (Å²) in [5, 5.41) is 10.3. The molecule has 1 fully saturated rings. The first-order valence-corrected chi connectivity index (χ1v) is 9.57. The van der Waals surface area contributed by atoms with Crippen LogP contribution in [0.25, 0.3) is 10.9 Å².